The summed E-state index contributed by atoms with van der Waals surface area (Å²) in [5.41, 5.74) is 5.61. The van der Waals surface area contributed by atoms with Crippen LogP contribution in [-0.2, 0) is 11.3 Å². The number of aromatic nitrogens is 2. The van der Waals surface area contributed by atoms with E-state index in [0.29, 0.717) is 18.3 Å². The second-order valence-electron chi connectivity index (χ2n) is 5.18. The van der Waals surface area contributed by atoms with E-state index in [2.05, 4.69) is 19.9 Å². The van der Waals surface area contributed by atoms with Gasteiger partial charge in [-0.1, -0.05) is 5.16 Å². The maximum absolute atomic E-state index is 5.61. The Kier molecular flexibility index (Phi) is 10.9. The van der Waals surface area contributed by atoms with Crippen molar-refractivity contribution < 1.29 is 9.26 Å². The van der Waals surface area contributed by atoms with Gasteiger partial charge in [0.05, 0.1) is 6.54 Å². The quantitative estimate of drug-likeness (QED) is 0.817. The average molecular weight is 356 g/mol. The first kappa shape index (κ1) is 21.6. The summed E-state index contributed by atoms with van der Waals surface area (Å²) < 4.78 is 10.5. The van der Waals surface area contributed by atoms with E-state index < -0.39 is 0 Å². The Morgan fingerprint density at radius 2 is 1.91 bits per heavy atom. The molecule has 0 radical (unpaired) electrons. The van der Waals surface area contributed by atoms with Crippen LogP contribution in [0.4, 0.5) is 0 Å². The summed E-state index contributed by atoms with van der Waals surface area (Å²) in [5.74, 6) is 1.28. The maximum atomic E-state index is 5.61. The third-order valence-electron chi connectivity index (χ3n) is 3.69. The molecule has 0 saturated carbocycles. The van der Waals surface area contributed by atoms with Crippen LogP contribution in [0.2, 0.25) is 0 Å². The molecular formula is C13H27Cl2N5O2. The van der Waals surface area contributed by atoms with E-state index in [0.717, 1.165) is 45.7 Å². The number of halogens is 2. The fraction of sp³-hybridized carbons (Fsp3) is 0.846. The molecule has 0 amide bonds. The molecule has 1 atom stereocenters. The number of hydrogen-bond donors (Lipinski definition) is 1. The highest BCUT2D eigenvalue weighted by Gasteiger charge is 2.18. The van der Waals surface area contributed by atoms with Crippen LogP contribution >= 0.6 is 24.8 Å². The Morgan fingerprint density at radius 3 is 2.59 bits per heavy atom. The molecule has 0 bridgehead atoms. The highest BCUT2D eigenvalue weighted by atomic mass is 35.5. The molecule has 1 unspecified atom stereocenters. The molecule has 1 saturated heterocycles. The van der Waals surface area contributed by atoms with Crippen molar-refractivity contribution in [2.75, 3.05) is 46.4 Å². The fourth-order valence-electron chi connectivity index (χ4n) is 2.38. The second-order valence-corrected chi connectivity index (χ2v) is 5.18. The third-order valence-corrected chi connectivity index (χ3v) is 3.69. The second kappa shape index (κ2) is 11.2. The molecule has 7 nitrogen and oxygen atoms in total. The average Bonchev–Trinajstić information content (AvgIpc) is 2.80. The molecule has 1 aromatic rings. The number of nitrogens with two attached hydrogens (primary N) is 1. The lowest BCUT2D eigenvalue weighted by Gasteiger charge is -2.19. The van der Waals surface area contributed by atoms with E-state index in [1.54, 1.807) is 7.11 Å². The van der Waals surface area contributed by atoms with Crippen molar-refractivity contribution in [2.45, 2.75) is 26.0 Å². The Bertz CT molecular complexity index is 408. The molecular weight excluding hydrogens is 329 g/mol. The van der Waals surface area contributed by atoms with Gasteiger partial charge in [-0.15, -0.1) is 24.8 Å². The Hall–Kier alpha value is -0.440. The standard InChI is InChI=1S/C13H25N5O2.2ClH/c1-11(19-2)13-15-12(20-16-13)10-18-6-3-5-17(7-4-14)8-9-18;;/h11H,3-10,14H2,1-2H3;2*1H. The van der Waals surface area contributed by atoms with E-state index in [1.165, 1.54) is 0 Å². The molecule has 22 heavy (non-hydrogen) atoms. The molecule has 1 aliphatic rings. The lowest BCUT2D eigenvalue weighted by Crippen LogP contribution is -2.33. The van der Waals surface area contributed by atoms with Crippen molar-refractivity contribution in [1.29, 1.82) is 0 Å². The molecule has 2 N–H and O–H groups in total. The summed E-state index contributed by atoms with van der Waals surface area (Å²) in [7, 11) is 1.64. The van der Waals surface area contributed by atoms with Crippen molar-refractivity contribution in [3.8, 4) is 0 Å². The van der Waals surface area contributed by atoms with Gasteiger partial charge in [0.1, 0.15) is 6.10 Å². The Labute approximate surface area is 144 Å². The summed E-state index contributed by atoms with van der Waals surface area (Å²) in [6, 6.07) is 0. The zero-order chi connectivity index (χ0) is 14.4. The molecule has 1 fully saturated rings. The topological polar surface area (TPSA) is 80.7 Å². The van der Waals surface area contributed by atoms with Gasteiger partial charge >= 0.3 is 0 Å². The molecule has 2 rings (SSSR count). The minimum atomic E-state index is -0.128. The lowest BCUT2D eigenvalue weighted by atomic mass is 10.3. The third kappa shape index (κ3) is 6.36. The van der Waals surface area contributed by atoms with Crippen molar-refractivity contribution >= 4 is 24.8 Å². The summed E-state index contributed by atoms with van der Waals surface area (Å²) in [6.45, 7) is 8.54. The minimum Gasteiger partial charge on any atom is -0.374 e. The normalized spacial score (nSPS) is 18.1. The first-order valence-corrected chi connectivity index (χ1v) is 7.23. The molecule has 130 valence electrons. The number of ether oxygens (including phenoxy) is 1. The van der Waals surface area contributed by atoms with Gasteiger partial charge < -0.3 is 19.9 Å². The lowest BCUT2D eigenvalue weighted by molar-refractivity contribution is 0.109. The Balaban J connectivity index is 0.00000220. The van der Waals surface area contributed by atoms with Crippen LogP contribution in [0.1, 0.15) is 31.2 Å². The van der Waals surface area contributed by atoms with Crippen LogP contribution in [0.25, 0.3) is 0 Å². The molecule has 0 aromatic carbocycles. The predicted molar refractivity (Wildman–Crippen MR) is 89.6 cm³/mol. The van der Waals surface area contributed by atoms with Crippen LogP contribution in [0, 0.1) is 0 Å². The number of rotatable bonds is 6. The minimum absolute atomic E-state index is 0. The molecule has 0 spiro atoms. The van der Waals surface area contributed by atoms with Gasteiger partial charge in [-0.2, -0.15) is 4.98 Å². The van der Waals surface area contributed by atoms with Gasteiger partial charge in [-0.05, 0) is 26.4 Å². The molecule has 1 aromatic heterocycles. The van der Waals surface area contributed by atoms with Crippen molar-refractivity contribution in [3.05, 3.63) is 11.7 Å². The van der Waals surface area contributed by atoms with Crippen LogP contribution in [-0.4, -0.2) is 66.3 Å². The smallest absolute Gasteiger partial charge is 0.240 e. The monoisotopic (exact) mass is 355 g/mol. The molecule has 2 heterocycles. The number of methoxy groups -OCH3 is 1. The molecule has 1 aliphatic heterocycles. The van der Waals surface area contributed by atoms with E-state index in [-0.39, 0.29) is 30.9 Å². The van der Waals surface area contributed by atoms with Gasteiger partial charge in [-0.25, -0.2) is 0 Å². The fourth-order valence-corrected chi connectivity index (χ4v) is 2.38. The van der Waals surface area contributed by atoms with Crippen molar-refractivity contribution in [2.24, 2.45) is 5.73 Å². The van der Waals surface area contributed by atoms with Crippen molar-refractivity contribution in [1.82, 2.24) is 19.9 Å². The van der Waals surface area contributed by atoms with Gasteiger partial charge in [0.2, 0.25) is 5.89 Å². The summed E-state index contributed by atoms with van der Waals surface area (Å²) in [5, 5.41) is 3.96. The van der Waals surface area contributed by atoms with E-state index >= 15 is 0 Å². The first-order valence-electron chi connectivity index (χ1n) is 7.23. The number of hydrogen-bond acceptors (Lipinski definition) is 7. The largest absolute Gasteiger partial charge is 0.374 e. The zero-order valence-corrected chi connectivity index (χ0v) is 14.9. The summed E-state index contributed by atoms with van der Waals surface area (Å²) in [4.78, 5) is 9.14. The zero-order valence-electron chi connectivity index (χ0n) is 13.2. The van der Waals surface area contributed by atoms with Crippen LogP contribution in [0.5, 0.6) is 0 Å². The first-order chi connectivity index (χ1) is 9.72. The summed E-state index contributed by atoms with van der Waals surface area (Å²) in [6.07, 6.45) is 1.02. The highest BCUT2D eigenvalue weighted by Crippen LogP contribution is 2.13. The summed E-state index contributed by atoms with van der Waals surface area (Å²) >= 11 is 0. The molecule has 9 heteroatoms. The van der Waals surface area contributed by atoms with Gasteiger partial charge in [0, 0.05) is 33.3 Å². The van der Waals surface area contributed by atoms with Gasteiger partial charge in [0.25, 0.3) is 0 Å². The van der Waals surface area contributed by atoms with Gasteiger partial charge in [0.15, 0.2) is 5.82 Å². The van der Waals surface area contributed by atoms with Crippen LogP contribution in [0.3, 0.4) is 0 Å². The Morgan fingerprint density at radius 1 is 1.23 bits per heavy atom. The highest BCUT2D eigenvalue weighted by molar-refractivity contribution is 5.85. The predicted octanol–water partition coefficient (Wildman–Crippen LogP) is 1.09. The van der Waals surface area contributed by atoms with Crippen molar-refractivity contribution in [3.63, 3.8) is 0 Å². The van der Waals surface area contributed by atoms with Crippen LogP contribution in [0.15, 0.2) is 4.52 Å². The SMILES string of the molecule is COC(C)c1noc(CN2CCCN(CCN)CC2)n1.Cl.Cl. The van der Waals surface area contributed by atoms with E-state index in [1.807, 2.05) is 6.92 Å². The van der Waals surface area contributed by atoms with E-state index in [9.17, 15) is 0 Å². The van der Waals surface area contributed by atoms with Crippen LogP contribution < -0.4 is 5.73 Å². The maximum Gasteiger partial charge on any atom is 0.240 e. The number of nitrogens with zero attached hydrogens (tertiary/aromatic N) is 4. The molecule has 0 aliphatic carbocycles. The van der Waals surface area contributed by atoms with E-state index in [4.69, 9.17) is 15.0 Å². The van der Waals surface area contributed by atoms with Gasteiger partial charge in [-0.3, -0.25) is 4.90 Å².